The molecule has 1 unspecified atom stereocenters. The van der Waals surface area contributed by atoms with Gasteiger partial charge in [-0.25, -0.2) is 0 Å². The molecule has 4 heteroatoms. The first-order valence-electron chi connectivity index (χ1n) is 7.75. The molecule has 4 nitrogen and oxygen atoms in total. The second-order valence-electron chi connectivity index (χ2n) is 5.75. The number of nitrogens with zero attached hydrogens (tertiary/aromatic N) is 2. The maximum Gasteiger partial charge on any atom is 0.224 e. The van der Waals surface area contributed by atoms with Crippen LogP contribution in [-0.4, -0.2) is 28.9 Å². The lowest BCUT2D eigenvalue weighted by atomic mass is 10.1. The molecule has 0 saturated carbocycles. The summed E-state index contributed by atoms with van der Waals surface area (Å²) in [7, 11) is 0. The van der Waals surface area contributed by atoms with Crippen molar-refractivity contribution in [2.75, 3.05) is 13.1 Å². The van der Waals surface area contributed by atoms with Gasteiger partial charge in [-0.1, -0.05) is 36.4 Å². The summed E-state index contributed by atoms with van der Waals surface area (Å²) < 4.78 is 0. The number of carbonyl (C=O) groups is 1. The Bertz CT molecular complexity index is 600. The fourth-order valence-corrected chi connectivity index (χ4v) is 2.86. The van der Waals surface area contributed by atoms with Crippen LogP contribution in [0.2, 0.25) is 0 Å². The highest BCUT2D eigenvalue weighted by Crippen LogP contribution is 2.18. The normalized spacial score (nSPS) is 18.3. The van der Waals surface area contributed by atoms with Crippen molar-refractivity contribution in [1.82, 2.24) is 15.2 Å². The predicted molar refractivity (Wildman–Crippen MR) is 85.9 cm³/mol. The molecule has 1 aliphatic heterocycles. The van der Waals surface area contributed by atoms with Crippen LogP contribution in [0.15, 0.2) is 54.7 Å². The summed E-state index contributed by atoms with van der Waals surface area (Å²) in [5, 5.41) is 3.00. The number of pyridine rings is 1. The van der Waals surface area contributed by atoms with Crippen LogP contribution < -0.4 is 5.32 Å². The molecule has 0 spiro atoms. The smallest absolute Gasteiger partial charge is 0.224 e. The van der Waals surface area contributed by atoms with Crippen molar-refractivity contribution in [2.24, 2.45) is 5.92 Å². The van der Waals surface area contributed by atoms with E-state index in [1.165, 1.54) is 5.56 Å². The molecule has 3 rings (SSSR count). The van der Waals surface area contributed by atoms with Gasteiger partial charge in [-0.15, -0.1) is 0 Å². The number of hydrogen-bond acceptors (Lipinski definition) is 3. The van der Waals surface area contributed by atoms with Gasteiger partial charge < -0.3 is 5.32 Å². The number of likely N-dealkylation sites (tertiary alicyclic amines) is 1. The maximum absolute atomic E-state index is 12.3. The van der Waals surface area contributed by atoms with Gasteiger partial charge in [0.15, 0.2) is 0 Å². The lowest BCUT2D eigenvalue weighted by molar-refractivity contribution is -0.124. The van der Waals surface area contributed by atoms with Crippen LogP contribution in [0.5, 0.6) is 0 Å². The van der Waals surface area contributed by atoms with Crippen LogP contribution in [-0.2, 0) is 17.9 Å². The molecule has 1 aromatic heterocycles. The molecule has 1 amide bonds. The molecule has 1 N–H and O–H groups in total. The van der Waals surface area contributed by atoms with Gasteiger partial charge in [0.2, 0.25) is 5.91 Å². The molecule has 2 heterocycles. The minimum atomic E-state index is 0.0902. The fourth-order valence-electron chi connectivity index (χ4n) is 2.86. The summed E-state index contributed by atoms with van der Waals surface area (Å²) in [5.74, 6) is 0.230. The zero-order valence-electron chi connectivity index (χ0n) is 12.6. The van der Waals surface area contributed by atoms with E-state index < -0.39 is 0 Å². The highest BCUT2D eigenvalue weighted by Gasteiger charge is 2.27. The zero-order chi connectivity index (χ0) is 15.2. The summed E-state index contributed by atoms with van der Waals surface area (Å²) in [5.41, 5.74) is 2.20. The van der Waals surface area contributed by atoms with E-state index in [4.69, 9.17) is 0 Å². The van der Waals surface area contributed by atoms with E-state index in [0.717, 1.165) is 31.7 Å². The van der Waals surface area contributed by atoms with Crippen LogP contribution >= 0.6 is 0 Å². The molecule has 1 aliphatic rings. The topological polar surface area (TPSA) is 45.2 Å². The van der Waals surface area contributed by atoms with E-state index in [0.29, 0.717) is 6.54 Å². The van der Waals surface area contributed by atoms with Crippen molar-refractivity contribution < 1.29 is 4.79 Å². The van der Waals surface area contributed by atoms with E-state index in [1.807, 2.05) is 24.3 Å². The Balaban J connectivity index is 1.46. The molecule has 22 heavy (non-hydrogen) atoms. The monoisotopic (exact) mass is 295 g/mol. The van der Waals surface area contributed by atoms with Crippen molar-refractivity contribution in [3.8, 4) is 0 Å². The lowest BCUT2D eigenvalue weighted by Crippen LogP contribution is -2.32. The van der Waals surface area contributed by atoms with E-state index in [9.17, 15) is 4.79 Å². The van der Waals surface area contributed by atoms with Gasteiger partial charge in [0.25, 0.3) is 0 Å². The third-order valence-corrected chi connectivity index (χ3v) is 4.06. The van der Waals surface area contributed by atoms with Crippen molar-refractivity contribution in [3.05, 3.63) is 66.0 Å². The number of aromatic nitrogens is 1. The summed E-state index contributed by atoms with van der Waals surface area (Å²) in [4.78, 5) is 18.8. The number of amides is 1. The van der Waals surface area contributed by atoms with Crippen LogP contribution in [0.3, 0.4) is 0 Å². The third kappa shape index (κ3) is 3.92. The van der Waals surface area contributed by atoms with Crippen LogP contribution in [0.4, 0.5) is 0 Å². The van der Waals surface area contributed by atoms with Gasteiger partial charge >= 0.3 is 0 Å². The quantitative estimate of drug-likeness (QED) is 0.920. The first kappa shape index (κ1) is 14.7. The van der Waals surface area contributed by atoms with Gasteiger partial charge in [0.1, 0.15) is 0 Å². The van der Waals surface area contributed by atoms with Gasteiger partial charge in [-0.2, -0.15) is 0 Å². The molecule has 2 aromatic rings. The highest BCUT2D eigenvalue weighted by molar-refractivity contribution is 5.79. The lowest BCUT2D eigenvalue weighted by Gasteiger charge is -2.16. The summed E-state index contributed by atoms with van der Waals surface area (Å²) in [6.07, 6.45) is 2.68. The molecule has 0 radical (unpaired) electrons. The first-order chi connectivity index (χ1) is 10.8. The molecular formula is C18H21N3O. The number of hydrogen-bond donors (Lipinski definition) is 1. The molecule has 1 fully saturated rings. The molecule has 1 aromatic carbocycles. The van der Waals surface area contributed by atoms with E-state index in [-0.39, 0.29) is 11.8 Å². The Morgan fingerprint density at radius 3 is 2.77 bits per heavy atom. The number of rotatable bonds is 5. The minimum absolute atomic E-state index is 0.0902. The Kier molecular flexibility index (Phi) is 4.81. The van der Waals surface area contributed by atoms with Gasteiger partial charge in [-0.3, -0.25) is 14.7 Å². The Hall–Kier alpha value is -2.20. The van der Waals surface area contributed by atoms with Gasteiger partial charge in [0, 0.05) is 19.3 Å². The number of nitrogens with one attached hydrogen (secondary N) is 1. The minimum Gasteiger partial charge on any atom is -0.350 e. The van der Waals surface area contributed by atoms with Crippen LogP contribution in [0.1, 0.15) is 17.7 Å². The molecular weight excluding hydrogens is 274 g/mol. The molecule has 0 aliphatic carbocycles. The zero-order valence-corrected chi connectivity index (χ0v) is 12.6. The second kappa shape index (κ2) is 7.18. The number of benzene rings is 1. The summed E-state index contributed by atoms with van der Waals surface area (Å²) >= 11 is 0. The standard InChI is InChI=1S/C18H21N3O/c22-18(20-12-17-8-4-5-10-19-17)16-9-11-21(14-16)13-15-6-2-1-3-7-15/h1-8,10,16H,9,11-14H2,(H,20,22). The molecule has 114 valence electrons. The summed E-state index contributed by atoms with van der Waals surface area (Å²) in [6.45, 7) is 3.25. The molecule has 0 bridgehead atoms. The Morgan fingerprint density at radius 2 is 2.00 bits per heavy atom. The van der Waals surface area contributed by atoms with Gasteiger partial charge in [-0.05, 0) is 30.7 Å². The fraction of sp³-hybridized carbons (Fsp3) is 0.333. The second-order valence-corrected chi connectivity index (χ2v) is 5.75. The van der Waals surface area contributed by atoms with Gasteiger partial charge in [0.05, 0.1) is 18.2 Å². The average molecular weight is 295 g/mol. The van der Waals surface area contributed by atoms with Crippen LogP contribution in [0.25, 0.3) is 0 Å². The van der Waals surface area contributed by atoms with E-state index in [1.54, 1.807) is 6.20 Å². The largest absolute Gasteiger partial charge is 0.350 e. The average Bonchev–Trinajstić information content (AvgIpc) is 3.03. The summed E-state index contributed by atoms with van der Waals surface area (Å²) in [6, 6.07) is 16.2. The molecule has 1 atom stereocenters. The number of carbonyl (C=O) groups excluding carboxylic acids is 1. The van der Waals surface area contributed by atoms with Crippen molar-refractivity contribution in [3.63, 3.8) is 0 Å². The third-order valence-electron chi connectivity index (χ3n) is 4.06. The Labute approximate surface area is 131 Å². The first-order valence-corrected chi connectivity index (χ1v) is 7.75. The SMILES string of the molecule is O=C(NCc1ccccn1)C1CCN(Cc2ccccc2)C1. The predicted octanol–water partition coefficient (Wildman–Crippen LogP) is 2.22. The van der Waals surface area contributed by atoms with Crippen molar-refractivity contribution in [1.29, 1.82) is 0 Å². The van der Waals surface area contributed by atoms with E-state index in [2.05, 4.69) is 39.5 Å². The van der Waals surface area contributed by atoms with Crippen molar-refractivity contribution in [2.45, 2.75) is 19.5 Å². The van der Waals surface area contributed by atoms with E-state index >= 15 is 0 Å². The van der Waals surface area contributed by atoms with Crippen molar-refractivity contribution >= 4 is 5.91 Å². The molecule has 1 saturated heterocycles. The highest BCUT2D eigenvalue weighted by atomic mass is 16.1. The van der Waals surface area contributed by atoms with Crippen LogP contribution in [0, 0.1) is 5.92 Å². The Morgan fingerprint density at radius 1 is 1.18 bits per heavy atom. The maximum atomic E-state index is 12.3.